The normalized spacial score (nSPS) is 11.4. The van der Waals surface area contributed by atoms with Gasteiger partial charge in [-0.3, -0.25) is 0 Å². The van der Waals surface area contributed by atoms with E-state index in [-0.39, 0.29) is 11.9 Å². The van der Waals surface area contributed by atoms with Crippen LogP contribution >= 0.6 is 0 Å². The molecule has 230 valence electrons. The molecule has 1 heterocycles. The van der Waals surface area contributed by atoms with Gasteiger partial charge in [-0.05, 0) is 72.8 Å². The number of ether oxygens (including phenoxy) is 3. The number of carbonyl (C=O) groups excluding carboxylic acids is 2. The van der Waals surface area contributed by atoms with Crippen molar-refractivity contribution in [3.8, 4) is 17.1 Å². The SMILES string of the molecule is COc1ccc(-c2nc(Nc3ccc(C(=O)OC[Si](C)(C)C)cc3)nc(Nc3ccc(C(=O)OC[Si](C)(C)C)cc3)n2)cc1. The Morgan fingerprint density at radius 3 is 1.39 bits per heavy atom. The van der Waals surface area contributed by atoms with Gasteiger partial charge in [-0.1, -0.05) is 39.3 Å². The minimum Gasteiger partial charge on any atom is -0.497 e. The molecule has 0 atom stereocenters. The van der Waals surface area contributed by atoms with E-state index in [9.17, 15) is 9.59 Å². The summed E-state index contributed by atoms with van der Waals surface area (Å²) in [5.41, 5.74) is 3.08. The first kappa shape index (κ1) is 32.4. The fourth-order valence-corrected chi connectivity index (χ4v) is 4.85. The van der Waals surface area contributed by atoms with Crippen LogP contribution in [0.25, 0.3) is 11.4 Å². The number of benzene rings is 3. The number of aromatic nitrogens is 3. The Morgan fingerprint density at radius 2 is 1.02 bits per heavy atom. The Balaban J connectivity index is 1.55. The van der Waals surface area contributed by atoms with Crippen molar-refractivity contribution >= 4 is 51.4 Å². The van der Waals surface area contributed by atoms with E-state index < -0.39 is 16.1 Å². The molecule has 3 aromatic carbocycles. The summed E-state index contributed by atoms with van der Waals surface area (Å²) in [6.07, 6.45) is 0.929. The molecule has 0 fully saturated rings. The lowest BCUT2D eigenvalue weighted by molar-refractivity contribution is 0.0556. The molecule has 0 unspecified atom stereocenters. The van der Waals surface area contributed by atoms with E-state index in [1.807, 2.05) is 24.3 Å². The number of hydrogen-bond acceptors (Lipinski definition) is 10. The van der Waals surface area contributed by atoms with Crippen LogP contribution in [0.4, 0.5) is 23.3 Å². The molecule has 10 nitrogen and oxygen atoms in total. The maximum absolute atomic E-state index is 12.5. The number of hydrogen-bond donors (Lipinski definition) is 2. The summed E-state index contributed by atoms with van der Waals surface area (Å²) in [4.78, 5) is 38.7. The van der Waals surface area contributed by atoms with Crippen LogP contribution in [0.3, 0.4) is 0 Å². The van der Waals surface area contributed by atoms with Crippen molar-refractivity contribution in [1.82, 2.24) is 15.0 Å². The number of nitrogens with one attached hydrogen (secondary N) is 2. The van der Waals surface area contributed by atoms with Crippen LogP contribution in [-0.4, -0.2) is 62.6 Å². The van der Waals surface area contributed by atoms with Gasteiger partial charge in [0, 0.05) is 16.9 Å². The largest absolute Gasteiger partial charge is 0.497 e. The molecule has 4 aromatic rings. The number of nitrogens with zero attached hydrogens (tertiary/aromatic N) is 3. The topological polar surface area (TPSA) is 125 Å². The van der Waals surface area contributed by atoms with Gasteiger partial charge < -0.3 is 24.8 Å². The molecule has 0 spiro atoms. The highest BCUT2D eigenvalue weighted by atomic mass is 28.3. The molecule has 4 rings (SSSR count). The molecule has 0 aliphatic heterocycles. The Morgan fingerprint density at radius 1 is 0.614 bits per heavy atom. The van der Waals surface area contributed by atoms with Crippen LogP contribution < -0.4 is 15.4 Å². The van der Waals surface area contributed by atoms with Gasteiger partial charge in [-0.25, -0.2) is 9.59 Å². The summed E-state index contributed by atoms with van der Waals surface area (Å²) in [6.45, 7) is 12.9. The van der Waals surface area contributed by atoms with Crippen LogP contribution in [-0.2, 0) is 9.47 Å². The highest BCUT2D eigenvalue weighted by Crippen LogP contribution is 2.24. The number of carbonyl (C=O) groups is 2. The Bertz CT molecular complexity index is 1490. The van der Waals surface area contributed by atoms with Crippen molar-refractivity contribution in [1.29, 1.82) is 0 Å². The smallest absolute Gasteiger partial charge is 0.337 e. The first-order chi connectivity index (χ1) is 20.8. The lowest BCUT2D eigenvalue weighted by atomic mass is 10.2. The summed E-state index contributed by atoms with van der Waals surface area (Å²) < 4.78 is 16.2. The molecule has 0 amide bonds. The standard InChI is InChI=1S/C32H39N5O5Si2/c1-40-27-18-12-22(13-19-27)28-35-31(33-25-14-8-23(9-15-25)29(38)41-20-43(2,3)4)37-32(36-28)34-26-16-10-24(11-17-26)30(39)42-21-44(5,6)7/h8-19H,20-21H2,1-7H3,(H2,33,34,35,36,37). The van der Waals surface area contributed by atoms with E-state index >= 15 is 0 Å². The van der Waals surface area contributed by atoms with E-state index in [2.05, 4.69) is 64.9 Å². The average Bonchev–Trinajstić information content (AvgIpc) is 2.98. The van der Waals surface area contributed by atoms with E-state index in [0.717, 1.165) is 5.56 Å². The van der Waals surface area contributed by atoms with Crippen LogP contribution in [0.1, 0.15) is 20.7 Å². The zero-order valence-corrected chi connectivity index (χ0v) is 28.2. The molecule has 0 saturated carbocycles. The summed E-state index contributed by atoms with van der Waals surface area (Å²) in [5, 5.41) is 6.41. The summed E-state index contributed by atoms with van der Waals surface area (Å²) in [5.74, 6) is 1.06. The van der Waals surface area contributed by atoms with Crippen molar-refractivity contribution in [2.75, 3.05) is 30.2 Å². The van der Waals surface area contributed by atoms with Gasteiger partial charge in [-0.15, -0.1) is 0 Å². The predicted molar refractivity (Wildman–Crippen MR) is 179 cm³/mol. The molecule has 44 heavy (non-hydrogen) atoms. The van der Waals surface area contributed by atoms with Gasteiger partial charge in [0.15, 0.2) is 5.82 Å². The van der Waals surface area contributed by atoms with Crippen molar-refractivity contribution < 1.29 is 23.8 Å². The van der Waals surface area contributed by atoms with E-state index in [0.29, 0.717) is 58.4 Å². The van der Waals surface area contributed by atoms with E-state index in [4.69, 9.17) is 14.2 Å². The minimum atomic E-state index is -1.52. The molecule has 1 aromatic heterocycles. The third-order valence-corrected chi connectivity index (χ3v) is 8.03. The summed E-state index contributed by atoms with van der Waals surface area (Å²) in [7, 11) is -1.42. The molecule has 0 radical (unpaired) electrons. The highest BCUT2D eigenvalue weighted by molar-refractivity contribution is 6.76. The lowest BCUT2D eigenvalue weighted by Gasteiger charge is -2.16. The van der Waals surface area contributed by atoms with Crippen molar-refractivity contribution in [3.63, 3.8) is 0 Å². The third kappa shape index (κ3) is 9.74. The first-order valence-electron chi connectivity index (χ1n) is 14.3. The third-order valence-electron chi connectivity index (χ3n) is 6.01. The van der Waals surface area contributed by atoms with Crippen LogP contribution in [0.5, 0.6) is 5.75 Å². The number of methoxy groups -OCH3 is 1. The maximum Gasteiger partial charge on any atom is 0.337 e. The zero-order chi connectivity index (χ0) is 31.9. The van der Waals surface area contributed by atoms with Crippen LogP contribution in [0.2, 0.25) is 39.3 Å². The van der Waals surface area contributed by atoms with Crippen molar-refractivity contribution in [2.24, 2.45) is 0 Å². The number of anilines is 4. The van der Waals surface area contributed by atoms with Gasteiger partial charge in [0.25, 0.3) is 0 Å². The Kier molecular flexibility index (Phi) is 10.2. The molecule has 12 heteroatoms. The molecule has 0 aliphatic carbocycles. The number of esters is 2. The Hall–Kier alpha value is -4.56. The van der Waals surface area contributed by atoms with Gasteiger partial charge in [0.1, 0.15) is 5.75 Å². The van der Waals surface area contributed by atoms with Gasteiger partial charge in [-0.2, -0.15) is 15.0 Å². The molecule has 0 saturated heterocycles. The minimum absolute atomic E-state index is 0.300. The molecule has 0 aliphatic rings. The predicted octanol–water partition coefficient (Wildman–Crippen LogP) is 7.10. The second-order valence-corrected chi connectivity index (χ2v) is 23.5. The van der Waals surface area contributed by atoms with Crippen LogP contribution in [0, 0.1) is 0 Å². The van der Waals surface area contributed by atoms with Gasteiger partial charge in [0.05, 0.1) is 46.8 Å². The van der Waals surface area contributed by atoms with E-state index in [1.165, 1.54) is 0 Å². The summed E-state index contributed by atoms with van der Waals surface area (Å²) >= 11 is 0. The van der Waals surface area contributed by atoms with Crippen molar-refractivity contribution in [3.05, 3.63) is 83.9 Å². The monoisotopic (exact) mass is 629 g/mol. The second kappa shape index (κ2) is 13.8. The first-order valence-corrected chi connectivity index (χ1v) is 21.7. The molecular weight excluding hydrogens is 591 g/mol. The van der Waals surface area contributed by atoms with Crippen molar-refractivity contribution in [2.45, 2.75) is 39.3 Å². The molecule has 2 N–H and O–H groups in total. The van der Waals surface area contributed by atoms with Crippen LogP contribution in [0.15, 0.2) is 72.8 Å². The molecular formula is C32H39N5O5Si2. The fraction of sp³-hybridized carbons (Fsp3) is 0.281. The van der Waals surface area contributed by atoms with Gasteiger partial charge in [0.2, 0.25) is 11.9 Å². The van der Waals surface area contributed by atoms with Gasteiger partial charge >= 0.3 is 11.9 Å². The number of rotatable bonds is 12. The van der Waals surface area contributed by atoms with E-state index in [1.54, 1.807) is 55.6 Å². The maximum atomic E-state index is 12.5. The second-order valence-electron chi connectivity index (χ2n) is 12.7. The average molecular weight is 630 g/mol. The summed E-state index contributed by atoms with van der Waals surface area (Å²) in [6, 6.07) is 21.3. The fourth-order valence-electron chi connectivity index (χ4n) is 3.73. The quantitative estimate of drug-likeness (QED) is 0.124. The highest BCUT2D eigenvalue weighted by Gasteiger charge is 2.19. The molecule has 0 bridgehead atoms. The Labute approximate surface area is 260 Å². The lowest BCUT2D eigenvalue weighted by Crippen LogP contribution is -2.29. The zero-order valence-electron chi connectivity index (χ0n) is 26.2.